The molecule has 1 N–H and O–H groups in total. The maximum atomic E-state index is 12.4. The molecule has 1 aromatic rings. The topological polar surface area (TPSA) is 41.6 Å². The van der Waals surface area contributed by atoms with E-state index in [-0.39, 0.29) is 12.0 Å². The van der Waals surface area contributed by atoms with Crippen LogP contribution in [0, 0.1) is 6.92 Å². The quantitative estimate of drug-likeness (QED) is 0.921. The Kier molecular flexibility index (Phi) is 4.96. The zero-order valence-electron chi connectivity index (χ0n) is 11.3. The molecule has 0 aromatic heterocycles. The molecule has 1 unspecified atom stereocenters. The van der Waals surface area contributed by atoms with Gasteiger partial charge in [0.2, 0.25) is 0 Å². The zero-order chi connectivity index (χ0) is 13.8. The summed E-state index contributed by atoms with van der Waals surface area (Å²) in [4.78, 5) is 14.3. The predicted octanol–water partition coefficient (Wildman–Crippen LogP) is 1.82. The molecule has 19 heavy (non-hydrogen) atoms. The van der Waals surface area contributed by atoms with Gasteiger partial charge in [0.1, 0.15) is 0 Å². The fraction of sp³-hybridized carbons (Fsp3) is 0.500. The van der Waals surface area contributed by atoms with Crippen molar-refractivity contribution in [3.05, 3.63) is 33.8 Å². The largest absolute Gasteiger partial charge is 0.373 e. The Hall–Kier alpha value is -0.910. The molecular formula is C14H19BrN2O2. The number of morpholine rings is 1. The monoisotopic (exact) mass is 326 g/mol. The standard InChI is InChI=1S/C14H19BrN2O2/c1-10-3-4-11(7-13(10)15)14(18)17-5-6-19-12(9-17)8-16-2/h3-4,7,12,16H,5-6,8-9H2,1-2H3. The third-order valence-electron chi connectivity index (χ3n) is 3.28. The number of carbonyl (C=O) groups excluding carboxylic acids is 1. The summed E-state index contributed by atoms with van der Waals surface area (Å²) in [6.07, 6.45) is 0.0802. The first kappa shape index (κ1) is 14.5. The van der Waals surface area contributed by atoms with Crippen molar-refractivity contribution in [2.75, 3.05) is 33.3 Å². The van der Waals surface area contributed by atoms with Gasteiger partial charge in [-0.2, -0.15) is 0 Å². The summed E-state index contributed by atoms with van der Waals surface area (Å²) < 4.78 is 6.58. The van der Waals surface area contributed by atoms with Crippen LogP contribution in [-0.2, 0) is 4.74 Å². The number of benzene rings is 1. The summed E-state index contributed by atoms with van der Waals surface area (Å²) in [7, 11) is 1.89. The highest BCUT2D eigenvalue weighted by molar-refractivity contribution is 9.10. The third-order valence-corrected chi connectivity index (χ3v) is 4.13. The van der Waals surface area contributed by atoms with Gasteiger partial charge in [-0.3, -0.25) is 4.79 Å². The van der Waals surface area contributed by atoms with Crippen LogP contribution in [0.1, 0.15) is 15.9 Å². The van der Waals surface area contributed by atoms with Gasteiger partial charge in [-0.1, -0.05) is 22.0 Å². The average Bonchev–Trinajstić information content (AvgIpc) is 2.42. The molecule has 0 saturated carbocycles. The number of hydrogen-bond donors (Lipinski definition) is 1. The molecule has 4 nitrogen and oxygen atoms in total. The first-order valence-corrected chi connectivity index (χ1v) is 7.22. The number of ether oxygens (including phenoxy) is 1. The molecule has 1 aromatic carbocycles. The SMILES string of the molecule is CNCC1CN(C(=O)c2ccc(C)c(Br)c2)CCO1. The van der Waals surface area contributed by atoms with Gasteiger partial charge in [0.25, 0.3) is 5.91 Å². The molecule has 1 aliphatic heterocycles. The number of amides is 1. The summed E-state index contributed by atoms with van der Waals surface area (Å²) in [6.45, 7) is 4.68. The molecule has 0 radical (unpaired) electrons. The number of nitrogens with one attached hydrogen (secondary N) is 1. The lowest BCUT2D eigenvalue weighted by Gasteiger charge is -2.33. The van der Waals surface area contributed by atoms with Crippen LogP contribution in [0.4, 0.5) is 0 Å². The normalized spacial score (nSPS) is 19.5. The molecule has 1 saturated heterocycles. The number of rotatable bonds is 3. The summed E-state index contributed by atoms with van der Waals surface area (Å²) in [5, 5.41) is 3.08. The van der Waals surface area contributed by atoms with Crippen LogP contribution in [0.5, 0.6) is 0 Å². The number of aryl methyl sites for hydroxylation is 1. The van der Waals surface area contributed by atoms with Gasteiger partial charge in [-0.05, 0) is 31.7 Å². The van der Waals surface area contributed by atoms with Gasteiger partial charge in [0.05, 0.1) is 12.7 Å². The Balaban J connectivity index is 2.08. The lowest BCUT2D eigenvalue weighted by atomic mass is 10.1. The van der Waals surface area contributed by atoms with Crippen molar-refractivity contribution in [3.8, 4) is 0 Å². The Morgan fingerprint density at radius 1 is 1.58 bits per heavy atom. The van der Waals surface area contributed by atoms with Crippen molar-refractivity contribution in [1.29, 1.82) is 0 Å². The van der Waals surface area contributed by atoms with E-state index in [1.54, 1.807) is 0 Å². The summed E-state index contributed by atoms with van der Waals surface area (Å²) >= 11 is 3.47. The summed E-state index contributed by atoms with van der Waals surface area (Å²) in [5.41, 5.74) is 1.86. The van der Waals surface area contributed by atoms with Crippen LogP contribution in [-0.4, -0.2) is 50.2 Å². The van der Waals surface area contributed by atoms with Crippen molar-refractivity contribution in [2.45, 2.75) is 13.0 Å². The fourth-order valence-electron chi connectivity index (χ4n) is 2.16. The first-order valence-electron chi connectivity index (χ1n) is 6.43. The van der Waals surface area contributed by atoms with Crippen LogP contribution in [0.15, 0.2) is 22.7 Å². The highest BCUT2D eigenvalue weighted by atomic mass is 79.9. The van der Waals surface area contributed by atoms with E-state index in [0.29, 0.717) is 19.7 Å². The lowest BCUT2D eigenvalue weighted by Crippen LogP contribution is -2.48. The van der Waals surface area contributed by atoms with Gasteiger partial charge in [-0.15, -0.1) is 0 Å². The van der Waals surface area contributed by atoms with E-state index in [1.807, 2.05) is 37.1 Å². The van der Waals surface area contributed by atoms with Crippen LogP contribution in [0.25, 0.3) is 0 Å². The molecular weight excluding hydrogens is 308 g/mol. The van der Waals surface area contributed by atoms with Gasteiger partial charge in [0.15, 0.2) is 0 Å². The maximum absolute atomic E-state index is 12.4. The van der Waals surface area contributed by atoms with Gasteiger partial charge in [0, 0.05) is 29.7 Å². The van der Waals surface area contributed by atoms with E-state index in [1.165, 1.54) is 0 Å². The Morgan fingerprint density at radius 3 is 3.05 bits per heavy atom. The van der Waals surface area contributed by atoms with Crippen LogP contribution < -0.4 is 5.32 Å². The van der Waals surface area contributed by atoms with E-state index >= 15 is 0 Å². The third kappa shape index (κ3) is 3.55. The van der Waals surface area contributed by atoms with Crippen LogP contribution in [0.3, 0.4) is 0 Å². The molecule has 0 aliphatic carbocycles. The molecule has 104 valence electrons. The molecule has 0 bridgehead atoms. The van der Waals surface area contributed by atoms with Crippen molar-refractivity contribution >= 4 is 21.8 Å². The highest BCUT2D eigenvalue weighted by Crippen LogP contribution is 2.19. The van der Waals surface area contributed by atoms with Crippen LogP contribution >= 0.6 is 15.9 Å². The summed E-state index contributed by atoms with van der Waals surface area (Å²) in [6, 6.07) is 5.73. The molecule has 5 heteroatoms. The first-order chi connectivity index (χ1) is 9.11. The van der Waals surface area contributed by atoms with E-state index < -0.39 is 0 Å². The summed E-state index contributed by atoms with van der Waals surface area (Å²) in [5.74, 6) is 0.0742. The lowest BCUT2D eigenvalue weighted by molar-refractivity contribution is -0.0196. The fourth-order valence-corrected chi connectivity index (χ4v) is 2.54. The number of halogens is 1. The number of nitrogens with zero attached hydrogens (tertiary/aromatic N) is 1. The molecule has 1 aliphatic rings. The minimum atomic E-state index is 0.0742. The van der Waals surface area contributed by atoms with Gasteiger partial charge >= 0.3 is 0 Å². The second-order valence-corrected chi connectivity index (χ2v) is 5.62. The molecule has 0 spiro atoms. The molecule has 1 amide bonds. The van der Waals surface area contributed by atoms with Crippen molar-refractivity contribution in [3.63, 3.8) is 0 Å². The molecule has 2 rings (SSSR count). The number of carbonyl (C=O) groups is 1. The number of hydrogen-bond acceptors (Lipinski definition) is 3. The smallest absolute Gasteiger partial charge is 0.254 e. The van der Waals surface area contributed by atoms with E-state index in [2.05, 4.69) is 21.2 Å². The number of likely N-dealkylation sites (N-methyl/N-ethyl adjacent to an activating group) is 1. The van der Waals surface area contributed by atoms with Gasteiger partial charge < -0.3 is 15.0 Å². The van der Waals surface area contributed by atoms with E-state index in [9.17, 15) is 4.79 Å². The second-order valence-electron chi connectivity index (χ2n) is 4.77. The minimum absolute atomic E-state index is 0.0742. The van der Waals surface area contributed by atoms with Gasteiger partial charge in [-0.25, -0.2) is 0 Å². The minimum Gasteiger partial charge on any atom is -0.373 e. The zero-order valence-corrected chi connectivity index (χ0v) is 12.9. The van der Waals surface area contributed by atoms with Crippen molar-refractivity contribution in [1.82, 2.24) is 10.2 Å². The Morgan fingerprint density at radius 2 is 2.37 bits per heavy atom. The van der Waals surface area contributed by atoms with Crippen molar-refractivity contribution in [2.24, 2.45) is 0 Å². The van der Waals surface area contributed by atoms with Crippen LogP contribution in [0.2, 0.25) is 0 Å². The molecule has 1 fully saturated rings. The predicted molar refractivity (Wildman–Crippen MR) is 78.4 cm³/mol. The molecule has 1 atom stereocenters. The highest BCUT2D eigenvalue weighted by Gasteiger charge is 2.24. The Labute approximate surface area is 122 Å². The van der Waals surface area contributed by atoms with E-state index in [4.69, 9.17) is 4.74 Å². The maximum Gasteiger partial charge on any atom is 0.254 e. The average molecular weight is 327 g/mol. The molecule has 1 heterocycles. The second kappa shape index (κ2) is 6.50. The van der Waals surface area contributed by atoms with Crippen molar-refractivity contribution < 1.29 is 9.53 Å². The van der Waals surface area contributed by atoms with E-state index in [0.717, 1.165) is 22.1 Å². The Bertz CT molecular complexity index is 463.